The number of alkyl halides is 1. The fourth-order valence-corrected chi connectivity index (χ4v) is 4.25. The largest absolute Gasteiger partial charge is 0.460 e. The monoisotopic (exact) mass is 545 g/mol. The smallest absolute Gasteiger partial charge is 0.338 e. The molecule has 194 valence electrons. The van der Waals surface area contributed by atoms with Gasteiger partial charge in [0.1, 0.15) is 12.4 Å². The van der Waals surface area contributed by atoms with Crippen LogP contribution in [0.4, 0.5) is 4.39 Å². The second-order valence-electron chi connectivity index (χ2n) is 8.55. The molecular formula is C28H26Cl2FNO5. The summed E-state index contributed by atoms with van der Waals surface area (Å²) < 4.78 is 25.3. The van der Waals surface area contributed by atoms with Crippen molar-refractivity contribution in [1.82, 2.24) is 5.32 Å². The summed E-state index contributed by atoms with van der Waals surface area (Å²) in [4.78, 5) is 38.5. The summed E-state index contributed by atoms with van der Waals surface area (Å²) in [5.41, 5.74) is 1.20. The van der Waals surface area contributed by atoms with E-state index in [4.69, 9.17) is 32.7 Å². The second-order valence-corrected chi connectivity index (χ2v) is 9.23. The highest BCUT2D eigenvalue weighted by Gasteiger charge is 2.31. The van der Waals surface area contributed by atoms with E-state index in [0.29, 0.717) is 11.1 Å². The van der Waals surface area contributed by atoms with E-state index in [9.17, 15) is 18.8 Å². The van der Waals surface area contributed by atoms with Crippen LogP contribution in [0, 0.1) is 11.7 Å². The van der Waals surface area contributed by atoms with Crippen molar-refractivity contribution in [2.75, 3.05) is 6.61 Å². The number of ether oxygens (including phenoxy) is 2. The maximum atomic E-state index is 14.3. The van der Waals surface area contributed by atoms with Gasteiger partial charge < -0.3 is 14.8 Å². The van der Waals surface area contributed by atoms with Gasteiger partial charge in [-0.3, -0.25) is 4.79 Å². The van der Waals surface area contributed by atoms with Crippen LogP contribution >= 0.6 is 23.2 Å². The Morgan fingerprint density at radius 2 is 1.49 bits per heavy atom. The molecule has 0 aliphatic carbocycles. The van der Waals surface area contributed by atoms with Crippen LogP contribution in [-0.2, 0) is 20.1 Å². The van der Waals surface area contributed by atoms with Crippen LogP contribution in [-0.4, -0.2) is 30.6 Å². The topological polar surface area (TPSA) is 81.7 Å². The van der Waals surface area contributed by atoms with Crippen molar-refractivity contribution < 1.29 is 28.2 Å². The molecule has 0 aliphatic rings. The van der Waals surface area contributed by atoms with Crippen LogP contribution in [0.2, 0.25) is 5.02 Å². The normalized spacial score (nSPS) is 12.5. The van der Waals surface area contributed by atoms with Gasteiger partial charge in [-0.2, -0.15) is 0 Å². The number of nitrogens with one attached hydrogen (secondary N) is 1. The van der Waals surface area contributed by atoms with Crippen LogP contribution < -0.4 is 5.32 Å². The lowest BCUT2D eigenvalue weighted by atomic mass is 9.99. The van der Waals surface area contributed by atoms with Gasteiger partial charge >= 0.3 is 11.9 Å². The van der Waals surface area contributed by atoms with Crippen LogP contribution in [0.1, 0.15) is 51.7 Å². The van der Waals surface area contributed by atoms with E-state index in [1.807, 2.05) is 0 Å². The summed E-state index contributed by atoms with van der Waals surface area (Å²) in [6, 6.07) is 17.8. The molecule has 3 aromatic rings. The van der Waals surface area contributed by atoms with Crippen molar-refractivity contribution in [1.29, 1.82) is 0 Å². The van der Waals surface area contributed by atoms with E-state index >= 15 is 0 Å². The fraction of sp³-hybridized carbons (Fsp3) is 0.250. The number of esters is 2. The van der Waals surface area contributed by atoms with Crippen molar-refractivity contribution in [3.8, 4) is 0 Å². The van der Waals surface area contributed by atoms with E-state index in [-0.39, 0.29) is 28.6 Å². The van der Waals surface area contributed by atoms with E-state index < -0.39 is 41.7 Å². The number of halogens is 3. The number of carbonyl (C=O) groups excluding carboxylic acids is 3. The number of benzene rings is 3. The Bertz CT molecular complexity index is 1240. The standard InChI is InChI=1S/C28H26Cl2FNO5/c1-17(2)25(37-28(35)19-11-7-4-8-12-19)26(33)32-24(16-36-27(34)18-9-5-3-6-10-18)21-13-20(31)14-23(30)22(21)15-29/h3-14,17,24-25H,15-16H2,1-2H3,(H,32,33)/t24-,25?/m0/s1. The number of hydrogen-bond acceptors (Lipinski definition) is 5. The van der Waals surface area contributed by atoms with Crippen LogP contribution in [0.3, 0.4) is 0 Å². The molecule has 9 heteroatoms. The summed E-state index contributed by atoms with van der Waals surface area (Å²) >= 11 is 12.3. The molecule has 1 amide bonds. The van der Waals surface area contributed by atoms with Crippen molar-refractivity contribution in [3.63, 3.8) is 0 Å². The Hall–Kier alpha value is -3.42. The highest BCUT2D eigenvalue weighted by atomic mass is 35.5. The molecule has 0 aliphatic heterocycles. The van der Waals surface area contributed by atoms with Gasteiger partial charge in [0.05, 0.1) is 17.2 Å². The minimum Gasteiger partial charge on any atom is -0.460 e. The minimum absolute atomic E-state index is 0.0644. The van der Waals surface area contributed by atoms with E-state index in [0.717, 1.165) is 6.07 Å². The summed E-state index contributed by atoms with van der Waals surface area (Å²) in [5.74, 6) is -3.09. The number of carbonyl (C=O) groups is 3. The predicted octanol–water partition coefficient (Wildman–Crippen LogP) is 6.11. The third kappa shape index (κ3) is 7.54. The molecule has 37 heavy (non-hydrogen) atoms. The van der Waals surface area contributed by atoms with E-state index in [1.54, 1.807) is 74.5 Å². The maximum Gasteiger partial charge on any atom is 0.338 e. The predicted molar refractivity (Wildman–Crippen MR) is 139 cm³/mol. The molecule has 0 fully saturated rings. The maximum absolute atomic E-state index is 14.3. The lowest BCUT2D eigenvalue weighted by molar-refractivity contribution is -0.133. The molecule has 0 spiro atoms. The Kier molecular flexibility index (Phi) is 10.1. The fourth-order valence-electron chi connectivity index (χ4n) is 3.60. The van der Waals surface area contributed by atoms with Gasteiger partial charge in [-0.15, -0.1) is 11.6 Å². The molecule has 6 nitrogen and oxygen atoms in total. The molecule has 1 unspecified atom stereocenters. The molecule has 0 bridgehead atoms. The third-order valence-electron chi connectivity index (χ3n) is 5.52. The summed E-state index contributed by atoms with van der Waals surface area (Å²) in [7, 11) is 0. The first-order chi connectivity index (χ1) is 17.7. The average Bonchev–Trinajstić information content (AvgIpc) is 2.89. The Morgan fingerprint density at radius 1 is 0.919 bits per heavy atom. The first-order valence-electron chi connectivity index (χ1n) is 11.5. The molecule has 0 heterocycles. The van der Waals surface area contributed by atoms with Gasteiger partial charge in [-0.05, 0) is 53.4 Å². The van der Waals surface area contributed by atoms with Gasteiger partial charge in [-0.1, -0.05) is 61.8 Å². The Balaban J connectivity index is 1.87. The minimum atomic E-state index is -1.18. The highest BCUT2D eigenvalue weighted by molar-refractivity contribution is 6.32. The molecule has 3 rings (SSSR count). The Morgan fingerprint density at radius 3 is 2.03 bits per heavy atom. The Labute approximate surface area is 224 Å². The quantitative estimate of drug-likeness (QED) is 0.245. The first kappa shape index (κ1) is 28.2. The van der Waals surface area contributed by atoms with E-state index in [1.165, 1.54) is 6.07 Å². The number of amides is 1. The zero-order valence-electron chi connectivity index (χ0n) is 20.2. The molecule has 2 atom stereocenters. The van der Waals surface area contributed by atoms with Crippen molar-refractivity contribution >= 4 is 41.0 Å². The van der Waals surface area contributed by atoms with Crippen molar-refractivity contribution in [2.24, 2.45) is 5.92 Å². The molecule has 1 N–H and O–H groups in total. The lowest BCUT2D eigenvalue weighted by Crippen LogP contribution is -2.44. The molecule has 0 saturated heterocycles. The van der Waals surface area contributed by atoms with Crippen LogP contribution in [0.25, 0.3) is 0 Å². The summed E-state index contributed by atoms with van der Waals surface area (Å²) in [6.07, 6.45) is -1.18. The molecule has 0 aromatic heterocycles. The highest BCUT2D eigenvalue weighted by Crippen LogP contribution is 2.29. The van der Waals surface area contributed by atoms with Crippen LogP contribution in [0.5, 0.6) is 0 Å². The molecular weight excluding hydrogens is 520 g/mol. The van der Waals surface area contributed by atoms with Gasteiger partial charge in [0.25, 0.3) is 5.91 Å². The zero-order valence-corrected chi connectivity index (χ0v) is 21.8. The average molecular weight is 546 g/mol. The summed E-state index contributed by atoms with van der Waals surface area (Å²) in [6.45, 7) is 3.09. The van der Waals surface area contributed by atoms with Gasteiger partial charge in [-0.25, -0.2) is 14.0 Å². The van der Waals surface area contributed by atoms with Crippen molar-refractivity contribution in [2.45, 2.75) is 31.9 Å². The van der Waals surface area contributed by atoms with Gasteiger partial charge in [0.2, 0.25) is 0 Å². The van der Waals surface area contributed by atoms with E-state index in [2.05, 4.69) is 5.32 Å². The second kappa shape index (κ2) is 13.2. The SMILES string of the molecule is CC(C)C(OC(=O)c1ccccc1)C(=O)N[C@@H](COC(=O)c1ccccc1)c1cc(F)cc(Cl)c1CCl. The lowest BCUT2D eigenvalue weighted by Gasteiger charge is -2.26. The zero-order chi connectivity index (χ0) is 26.9. The first-order valence-corrected chi connectivity index (χ1v) is 12.4. The third-order valence-corrected chi connectivity index (χ3v) is 6.12. The van der Waals surface area contributed by atoms with Gasteiger partial charge in [0.15, 0.2) is 6.10 Å². The number of rotatable bonds is 10. The number of hydrogen-bond donors (Lipinski definition) is 1. The van der Waals surface area contributed by atoms with Crippen molar-refractivity contribution in [3.05, 3.63) is 106 Å². The molecule has 0 saturated carbocycles. The molecule has 3 aromatic carbocycles. The summed E-state index contributed by atoms with van der Waals surface area (Å²) in [5, 5.41) is 2.79. The van der Waals surface area contributed by atoms with Gasteiger partial charge in [0, 0.05) is 10.9 Å². The van der Waals surface area contributed by atoms with Crippen LogP contribution in [0.15, 0.2) is 72.8 Å². The molecule has 0 radical (unpaired) electrons.